The number of hydrogen-bond donors (Lipinski definition) is 2. The number of nitrogens with one attached hydrogen (secondary N) is 2. The molecule has 160 valence electrons. The van der Waals surface area contributed by atoms with Gasteiger partial charge in [-0.3, -0.25) is 4.99 Å². The number of ether oxygens (including phenoxy) is 4. The van der Waals surface area contributed by atoms with Gasteiger partial charge in [0, 0.05) is 38.1 Å². The molecule has 7 nitrogen and oxygen atoms in total. The fourth-order valence-corrected chi connectivity index (χ4v) is 3.88. The third kappa shape index (κ3) is 6.48. The Morgan fingerprint density at radius 3 is 2.18 bits per heavy atom. The molecule has 0 radical (unpaired) electrons. The van der Waals surface area contributed by atoms with E-state index in [1.165, 1.54) is 0 Å². The van der Waals surface area contributed by atoms with E-state index in [2.05, 4.69) is 21.9 Å². The van der Waals surface area contributed by atoms with E-state index in [4.69, 9.17) is 18.9 Å². The topological polar surface area (TPSA) is 73.3 Å². The maximum absolute atomic E-state index is 5.51. The van der Waals surface area contributed by atoms with Crippen molar-refractivity contribution < 1.29 is 18.9 Å². The van der Waals surface area contributed by atoms with Crippen molar-refractivity contribution >= 4 is 41.7 Å². The molecule has 0 atom stereocenters. The first kappa shape index (κ1) is 25.0. The lowest BCUT2D eigenvalue weighted by Gasteiger charge is -2.36. The Labute approximate surface area is 189 Å². The first-order valence-electron chi connectivity index (χ1n) is 8.97. The quantitative estimate of drug-likeness (QED) is 0.307. The summed E-state index contributed by atoms with van der Waals surface area (Å²) in [5.74, 6) is 2.64. The summed E-state index contributed by atoms with van der Waals surface area (Å²) in [5, 5.41) is 6.81. The van der Waals surface area contributed by atoms with Gasteiger partial charge in [0.2, 0.25) is 5.75 Å². The Balaban J connectivity index is 0.00000392. The minimum Gasteiger partial charge on any atom is -0.493 e. The molecule has 0 aromatic heterocycles. The van der Waals surface area contributed by atoms with Crippen molar-refractivity contribution in [1.29, 1.82) is 0 Å². The molecule has 2 N–H and O–H groups in total. The largest absolute Gasteiger partial charge is 0.493 e. The normalized spacial score (nSPS) is 16.0. The van der Waals surface area contributed by atoms with Gasteiger partial charge >= 0.3 is 0 Å². The number of hydrogen-bond acceptors (Lipinski definition) is 6. The van der Waals surface area contributed by atoms with Crippen LogP contribution in [0.5, 0.6) is 17.2 Å². The van der Waals surface area contributed by atoms with Crippen molar-refractivity contribution in [2.75, 3.05) is 54.4 Å². The van der Waals surface area contributed by atoms with Crippen molar-refractivity contribution in [3.8, 4) is 17.2 Å². The van der Waals surface area contributed by atoms with Crippen LogP contribution in [0.1, 0.15) is 18.4 Å². The van der Waals surface area contributed by atoms with Crippen LogP contribution in [0.4, 0.5) is 0 Å². The Bertz CT molecular complexity index is 615. The van der Waals surface area contributed by atoms with Gasteiger partial charge in [-0.05, 0) is 36.8 Å². The zero-order valence-corrected chi connectivity index (χ0v) is 20.4. The zero-order valence-electron chi connectivity index (χ0n) is 17.3. The summed E-state index contributed by atoms with van der Waals surface area (Å²) in [6.45, 7) is 3.08. The molecule has 0 amide bonds. The van der Waals surface area contributed by atoms with Crippen molar-refractivity contribution in [1.82, 2.24) is 10.6 Å². The average molecular weight is 525 g/mol. The average Bonchev–Trinajstić information content (AvgIpc) is 2.73. The number of thioether (sulfide) groups is 1. The molecule has 1 aromatic rings. The van der Waals surface area contributed by atoms with Crippen LogP contribution in [0.15, 0.2) is 17.1 Å². The Morgan fingerprint density at radius 2 is 1.71 bits per heavy atom. The molecule has 9 heteroatoms. The standard InChI is InChI=1S/C19H31N3O4S.HI/c1-20-18(22-13-19(27-5)6-8-26-9-7-19)21-12-14-10-15(23-2)17(25-4)16(11-14)24-3;/h10-11H,6-9,12-13H2,1-5H3,(H2,20,21,22);1H. The lowest BCUT2D eigenvalue weighted by atomic mass is 9.99. The van der Waals surface area contributed by atoms with E-state index in [9.17, 15) is 0 Å². The molecule has 1 fully saturated rings. The van der Waals surface area contributed by atoms with Crippen molar-refractivity contribution in [2.24, 2.45) is 4.99 Å². The lowest BCUT2D eigenvalue weighted by Crippen LogP contribution is -2.47. The van der Waals surface area contributed by atoms with Crippen LogP contribution in [0.2, 0.25) is 0 Å². The van der Waals surface area contributed by atoms with Crippen molar-refractivity contribution in [2.45, 2.75) is 24.1 Å². The molecule has 2 rings (SSSR count). The van der Waals surface area contributed by atoms with Gasteiger partial charge in [0.1, 0.15) is 0 Å². The predicted octanol–water partition coefficient (Wildman–Crippen LogP) is 2.91. The number of rotatable bonds is 8. The minimum absolute atomic E-state index is 0. The van der Waals surface area contributed by atoms with Crippen LogP contribution in [0.3, 0.4) is 0 Å². The van der Waals surface area contributed by atoms with E-state index in [1.807, 2.05) is 23.9 Å². The molecule has 28 heavy (non-hydrogen) atoms. The van der Waals surface area contributed by atoms with Crippen LogP contribution in [-0.4, -0.2) is 65.1 Å². The van der Waals surface area contributed by atoms with Crippen LogP contribution in [0, 0.1) is 0 Å². The third-order valence-electron chi connectivity index (χ3n) is 4.82. The Morgan fingerprint density at radius 1 is 1.11 bits per heavy atom. The molecule has 0 spiro atoms. The zero-order chi connectivity index (χ0) is 19.7. The number of methoxy groups -OCH3 is 3. The number of aliphatic imine (C=N–C) groups is 1. The highest BCUT2D eigenvalue weighted by Gasteiger charge is 2.31. The molecule has 0 bridgehead atoms. The highest BCUT2D eigenvalue weighted by atomic mass is 127. The van der Waals surface area contributed by atoms with Crippen LogP contribution < -0.4 is 24.8 Å². The van der Waals surface area contributed by atoms with Gasteiger partial charge in [-0.25, -0.2) is 0 Å². The number of benzene rings is 1. The SMILES string of the molecule is CN=C(NCc1cc(OC)c(OC)c(OC)c1)NCC1(SC)CCOCC1.I. The van der Waals surface area contributed by atoms with Crippen LogP contribution >= 0.6 is 35.7 Å². The maximum Gasteiger partial charge on any atom is 0.203 e. The van der Waals surface area contributed by atoms with Crippen molar-refractivity contribution in [3.63, 3.8) is 0 Å². The molecular weight excluding hydrogens is 493 g/mol. The van der Waals surface area contributed by atoms with Gasteiger partial charge in [0.15, 0.2) is 17.5 Å². The van der Waals surface area contributed by atoms with E-state index in [0.717, 1.165) is 44.1 Å². The number of halogens is 1. The van der Waals surface area contributed by atoms with Crippen LogP contribution in [0.25, 0.3) is 0 Å². The predicted molar refractivity (Wildman–Crippen MR) is 126 cm³/mol. The molecule has 1 heterocycles. The number of guanidine groups is 1. The van der Waals surface area contributed by atoms with E-state index in [1.54, 1.807) is 28.4 Å². The molecule has 1 aliphatic heterocycles. The second kappa shape index (κ2) is 12.5. The fraction of sp³-hybridized carbons (Fsp3) is 0.632. The summed E-state index contributed by atoms with van der Waals surface area (Å²) in [5.41, 5.74) is 1.01. The summed E-state index contributed by atoms with van der Waals surface area (Å²) in [7, 11) is 6.61. The molecule has 0 saturated carbocycles. The molecule has 0 aliphatic carbocycles. The number of nitrogens with zero attached hydrogens (tertiary/aromatic N) is 1. The van der Waals surface area contributed by atoms with E-state index in [-0.39, 0.29) is 28.7 Å². The van der Waals surface area contributed by atoms with Gasteiger partial charge in [-0.1, -0.05) is 0 Å². The maximum atomic E-state index is 5.51. The minimum atomic E-state index is 0. The van der Waals surface area contributed by atoms with Crippen molar-refractivity contribution in [3.05, 3.63) is 17.7 Å². The third-order valence-corrected chi connectivity index (χ3v) is 6.24. The summed E-state index contributed by atoms with van der Waals surface area (Å²) in [6, 6.07) is 3.87. The highest BCUT2D eigenvalue weighted by Crippen LogP contribution is 2.38. The van der Waals surface area contributed by atoms with Gasteiger partial charge in [-0.2, -0.15) is 11.8 Å². The smallest absolute Gasteiger partial charge is 0.203 e. The molecule has 1 saturated heterocycles. The van der Waals surface area contributed by atoms with E-state index < -0.39 is 0 Å². The Kier molecular flexibility index (Phi) is 11.1. The van der Waals surface area contributed by atoms with Gasteiger partial charge in [0.05, 0.1) is 21.3 Å². The highest BCUT2D eigenvalue weighted by molar-refractivity contribution is 14.0. The second-order valence-corrected chi connectivity index (χ2v) is 7.59. The fourth-order valence-electron chi connectivity index (χ4n) is 3.09. The first-order valence-corrected chi connectivity index (χ1v) is 10.2. The summed E-state index contributed by atoms with van der Waals surface area (Å²) in [6.07, 6.45) is 4.26. The monoisotopic (exact) mass is 525 g/mol. The summed E-state index contributed by atoms with van der Waals surface area (Å²) < 4.78 is 21.9. The Hall–Kier alpha value is -1.07. The summed E-state index contributed by atoms with van der Waals surface area (Å²) in [4.78, 5) is 4.34. The van der Waals surface area contributed by atoms with Gasteiger partial charge < -0.3 is 29.6 Å². The summed E-state index contributed by atoms with van der Waals surface area (Å²) >= 11 is 1.90. The molecular formula is C19H32IN3O4S. The second-order valence-electron chi connectivity index (χ2n) is 6.31. The van der Waals surface area contributed by atoms with E-state index in [0.29, 0.717) is 23.8 Å². The van der Waals surface area contributed by atoms with Gasteiger partial charge in [-0.15, -0.1) is 24.0 Å². The molecule has 1 aromatic carbocycles. The molecule has 1 aliphatic rings. The first-order chi connectivity index (χ1) is 13.1. The molecule has 0 unspecified atom stereocenters. The van der Waals surface area contributed by atoms with E-state index >= 15 is 0 Å². The van der Waals surface area contributed by atoms with Gasteiger partial charge in [0.25, 0.3) is 0 Å². The van der Waals surface area contributed by atoms with Crippen LogP contribution in [-0.2, 0) is 11.3 Å². The lowest BCUT2D eigenvalue weighted by molar-refractivity contribution is 0.0783.